The Kier molecular flexibility index (Phi) is 6.91. The molecule has 0 saturated heterocycles. The molecule has 1 aliphatic rings. The smallest absolute Gasteiger partial charge is 0.251 e. The normalized spacial score (nSPS) is 18.1. The van der Waals surface area contributed by atoms with Gasteiger partial charge in [0.2, 0.25) is 5.95 Å². The van der Waals surface area contributed by atoms with Crippen molar-refractivity contribution in [2.24, 2.45) is 0 Å². The van der Waals surface area contributed by atoms with E-state index < -0.39 is 6.10 Å². The highest BCUT2D eigenvalue weighted by Crippen LogP contribution is 2.21. The van der Waals surface area contributed by atoms with Crippen LogP contribution in [0.5, 0.6) is 0 Å². The third-order valence-corrected chi connectivity index (χ3v) is 5.64. The number of amides is 1. The summed E-state index contributed by atoms with van der Waals surface area (Å²) in [4.78, 5) is 25.6. The first-order valence-corrected chi connectivity index (χ1v) is 10.9. The molecule has 2 atom stereocenters. The maximum atomic E-state index is 12.7. The molecule has 0 bridgehead atoms. The Balaban J connectivity index is 1.36. The molecule has 8 nitrogen and oxygen atoms in total. The molecule has 0 radical (unpaired) electrons. The lowest BCUT2D eigenvalue weighted by molar-refractivity contribution is 0.0717. The fourth-order valence-corrected chi connectivity index (χ4v) is 3.74. The number of nitrogens with zero attached hydrogens (tertiary/aromatic N) is 3. The van der Waals surface area contributed by atoms with Crippen LogP contribution in [-0.4, -0.2) is 38.1 Å². The van der Waals surface area contributed by atoms with Crippen LogP contribution in [0.15, 0.2) is 55.0 Å². The number of carbonyl (C=O) groups excluding carboxylic acids is 1. The highest BCUT2D eigenvalue weighted by molar-refractivity contribution is 5.95. The third-order valence-electron chi connectivity index (χ3n) is 5.64. The van der Waals surface area contributed by atoms with Crippen molar-refractivity contribution in [3.05, 3.63) is 71.7 Å². The van der Waals surface area contributed by atoms with Gasteiger partial charge in [0, 0.05) is 41.9 Å². The molecule has 1 aliphatic carbocycles. The molecule has 1 aromatic carbocycles. The first-order chi connectivity index (χ1) is 15.6. The Bertz CT molecular complexity index is 1040. The molecule has 1 amide bonds. The van der Waals surface area contributed by atoms with Crippen molar-refractivity contribution in [2.45, 2.75) is 51.3 Å². The van der Waals surface area contributed by atoms with E-state index in [4.69, 9.17) is 0 Å². The summed E-state index contributed by atoms with van der Waals surface area (Å²) in [6, 6.07) is 11.0. The minimum absolute atomic E-state index is 0.160. The number of anilines is 3. The Hall–Kier alpha value is -3.52. The number of rotatable bonds is 7. The van der Waals surface area contributed by atoms with E-state index >= 15 is 0 Å². The second-order valence-corrected chi connectivity index (χ2v) is 8.07. The number of aromatic nitrogens is 3. The first kappa shape index (κ1) is 21.7. The Morgan fingerprint density at radius 2 is 1.91 bits per heavy atom. The van der Waals surface area contributed by atoms with E-state index in [1.54, 1.807) is 18.6 Å². The van der Waals surface area contributed by atoms with Crippen molar-refractivity contribution in [1.29, 1.82) is 0 Å². The van der Waals surface area contributed by atoms with Gasteiger partial charge in [0.1, 0.15) is 5.82 Å². The largest absolute Gasteiger partial charge is 0.391 e. The van der Waals surface area contributed by atoms with Crippen molar-refractivity contribution in [2.75, 3.05) is 10.6 Å². The first-order valence-electron chi connectivity index (χ1n) is 10.9. The number of nitrogens with one attached hydrogen (secondary N) is 3. The molecular weight excluding hydrogens is 404 g/mol. The van der Waals surface area contributed by atoms with Gasteiger partial charge in [-0.05, 0) is 49.6 Å². The van der Waals surface area contributed by atoms with E-state index in [9.17, 15) is 9.90 Å². The van der Waals surface area contributed by atoms with Gasteiger partial charge in [0.05, 0.1) is 12.1 Å². The molecule has 4 rings (SSSR count). The average Bonchev–Trinajstić information content (AvgIpc) is 2.81. The zero-order valence-corrected chi connectivity index (χ0v) is 18.1. The van der Waals surface area contributed by atoms with Crippen LogP contribution < -0.4 is 16.0 Å². The average molecular weight is 433 g/mol. The van der Waals surface area contributed by atoms with Gasteiger partial charge in [-0.2, -0.15) is 0 Å². The fourth-order valence-electron chi connectivity index (χ4n) is 3.74. The van der Waals surface area contributed by atoms with E-state index in [0.717, 1.165) is 42.5 Å². The van der Waals surface area contributed by atoms with E-state index in [0.29, 0.717) is 23.9 Å². The number of hydrogen-bond donors (Lipinski definition) is 4. The quantitative estimate of drug-likeness (QED) is 0.451. The monoisotopic (exact) mass is 432 g/mol. The van der Waals surface area contributed by atoms with Crippen LogP contribution in [0.2, 0.25) is 0 Å². The van der Waals surface area contributed by atoms with Crippen LogP contribution in [0.3, 0.4) is 0 Å². The number of aliphatic hydroxyl groups excluding tert-OH is 1. The molecule has 32 heavy (non-hydrogen) atoms. The molecule has 2 aromatic heterocycles. The zero-order valence-electron chi connectivity index (χ0n) is 18.1. The molecule has 0 aliphatic heterocycles. The van der Waals surface area contributed by atoms with Crippen LogP contribution in [0, 0.1) is 6.92 Å². The lowest BCUT2D eigenvalue weighted by Crippen LogP contribution is -2.45. The molecule has 3 aromatic rings. The van der Waals surface area contributed by atoms with Gasteiger partial charge in [-0.15, -0.1) is 0 Å². The van der Waals surface area contributed by atoms with Crippen LogP contribution >= 0.6 is 0 Å². The third kappa shape index (κ3) is 5.59. The molecule has 0 unspecified atom stereocenters. The van der Waals surface area contributed by atoms with Crippen molar-refractivity contribution in [3.8, 4) is 0 Å². The minimum Gasteiger partial charge on any atom is -0.391 e. The zero-order chi connectivity index (χ0) is 22.3. The summed E-state index contributed by atoms with van der Waals surface area (Å²) in [6.45, 7) is 2.52. The fraction of sp³-hybridized carbons (Fsp3) is 0.333. The number of hydrogen-bond acceptors (Lipinski definition) is 7. The number of pyridine rings is 1. The van der Waals surface area contributed by atoms with Crippen molar-refractivity contribution in [3.63, 3.8) is 0 Å². The lowest BCUT2D eigenvalue weighted by Gasteiger charge is -2.28. The molecule has 1 saturated carbocycles. The minimum atomic E-state index is -0.467. The highest BCUT2D eigenvalue weighted by Gasteiger charge is 2.25. The van der Waals surface area contributed by atoms with Crippen LogP contribution in [0.25, 0.3) is 0 Å². The Morgan fingerprint density at radius 1 is 1.09 bits per heavy atom. The standard InChI is InChI=1S/C24H28N6O2/c1-16-9-10-18(23(32)29-19-6-2-3-7-21(19)31)12-20(16)26-13-17-14-27-24(28-15-17)30-22-8-4-5-11-25-22/h4-5,8-12,14-15,19,21,26,31H,2-3,6-7,13H2,1H3,(H,29,32)(H,25,27,28,30)/t19-,21-/m0/s1. The summed E-state index contributed by atoms with van der Waals surface area (Å²) in [6.07, 6.45) is 8.33. The molecule has 1 fully saturated rings. The Morgan fingerprint density at radius 3 is 2.66 bits per heavy atom. The number of benzene rings is 1. The summed E-state index contributed by atoms with van der Waals surface area (Å²) in [5, 5.41) is 19.5. The predicted octanol–water partition coefficient (Wildman–Crippen LogP) is 3.57. The Labute approximate surface area is 187 Å². The van der Waals surface area contributed by atoms with Crippen molar-refractivity contribution < 1.29 is 9.90 Å². The molecule has 8 heteroatoms. The van der Waals surface area contributed by atoms with Crippen LogP contribution in [0.1, 0.15) is 47.2 Å². The molecule has 0 spiro atoms. The summed E-state index contributed by atoms with van der Waals surface area (Å²) in [5.74, 6) is 1.00. The van der Waals surface area contributed by atoms with Gasteiger partial charge in [0.15, 0.2) is 0 Å². The number of aryl methyl sites for hydroxylation is 1. The van der Waals surface area contributed by atoms with Gasteiger partial charge in [0.25, 0.3) is 5.91 Å². The molecule has 2 heterocycles. The van der Waals surface area contributed by atoms with Gasteiger partial charge in [-0.3, -0.25) is 4.79 Å². The van der Waals surface area contributed by atoms with Crippen LogP contribution in [0.4, 0.5) is 17.5 Å². The van der Waals surface area contributed by atoms with Gasteiger partial charge in [-0.1, -0.05) is 25.0 Å². The second-order valence-electron chi connectivity index (χ2n) is 8.07. The highest BCUT2D eigenvalue weighted by atomic mass is 16.3. The van der Waals surface area contributed by atoms with E-state index in [2.05, 4.69) is 30.9 Å². The summed E-state index contributed by atoms with van der Waals surface area (Å²) in [5.41, 5.74) is 3.39. The summed E-state index contributed by atoms with van der Waals surface area (Å²) < 4.78 is 0. The maximum absolute atomic E-state index is 12.7. The molecule has 166 valence electrons. The predicted molar refractivity (Wildman–Crippen MR) is 124 cm³/mol. The van der Waals surface area contributed by atoms with E-state index in [1.165, 1.54) is 0 Å². The summed E-state index contributed by atoms with van der Waals surface area (Å²) in [7, 11) is 0. The lowest BCUT2D eigenvalue weighted by atomic mass is 9.92. The number of carbonyl (C=O) groups is 1. The summed E-state index contributed by atoms with van der Waals surface area (Å²) >= 11 is 0. The molecule has 4 N–H and O–H groups in total. The SMILES string of the molecule is Cc1ccc(C(=O)N[C@H]2CCCC[C@@H]2O)cc1NCc1cnc(Nc2ccccn2)nc1. The van der Waals surface area contributed by atoms with Gasteiger partial charge >= 0.3 is 0 Å². The van der Waals surface area contributed by atoms with Gasteiger partial charge < -0.3 is 21.1 Å². The van der Waals surface area contributed by atoms with Crippen LogP contribution in [-0.2, 0) is 6.54 Å². The van der Waals surface area contributed by atoms with E-state index in [-0.39, 0.29) is 11.9 Å². The number of aliphatic hydroxyl groups is 1. The topological polar surface area (TPSA) is 112 Å². The van der Waals surface area contributed by atoms with Crippen molar-refractivity contribution >= 4 is 23.4 Å². The van der Waals surface area contributed by atoms with Gasteiger partial charge in [-0.25, -0.2) is 15.0 Å². The second kappa shape index (κ2) is 10.2. The van der Waals surface area contributed by atoms with E-state index in [1.807, 2.05) is 43.3 Å². The van der Waals surface area contributed by atoms with Crippen molar-refractivity contribution in [1.82, 2.24) is 20.3 Å². The maximum Gasteiger partial charge on any atom is 0.251 e. The molecular formula is C24H28N6O2.